The number of rotatable bonds is 6. The molecule has 0 fully saturated rings. The van der Waals surface area contributed by atoms with Gasteiger partial charge in [-0.05, 0) is 12.8 Å². The van der Waals surface area contributed by atoms with Crippen molar-refractivity contribution >= 4 is 17.5 Å². The quantitative estimate of drug-likeness (QED) is 0.682. The molecule has 0 aliphatic heterocycles. The van der Waals surface area contributed by atoms with Crippen molar-refractivity contribution in [3.8, 4) is 0 Å². The van der Waals surface area contributed by atoms with E-state index in [4.69, 9.17) is 5.73 Å². The van der Waals surface area contributed by atoms with Crippen molar-refractivity contribution in [3.63, 3.8) is 0 Å². The number of carbonyl (C=O) groups is 2. The van der Waals surface area contributed by atoms with E-state index in [2.05, 4.69) is 15.5 Å². The Morgan fingerprint density at radius 2 is 2.11 bits per heavy atom. The van der Waals surface area contributed by atoms with E-state index in [0.717, 1.165) is 12.1 Å². The third-order valence-corrected chi connectivity index (χ3v) is 2.83. The van der Waals surface area contributed by atoms with Gasteiger partial charge in [0.25, 0.3) is 5.91 Å². The van der Waals surface area contributed by atoms with Gasteiger partial charge in [-0.25, -0.2) is 0 Å². The molecular weight excluding hydrogens is 246 g/mol. The number of likely N-dealkylation sites (N-methyl/N-ethyl adjacent to an activating group) is 1. The predicted octanol–water partition coefficient (Wildman–Crippen LogP) is 0.153. The minimum Gasteiger partial charge on any atom is -0.395 e. The minimum atomic E-state index is -0.320. The van der Waals surface area contributed by atoms with Crippen LogP contribution in [-0.4, -0.2) is 47.0 Å². The number of amides is 2. The number of aromatic nitrogens is 2. The van der Waals surface area contributed by atoms with E-state index < -0.39 is 0 Å². The van der Waals surface area contributed by atoms with Gasteiger partial charge in [-0.2, -0.15) is 5.10 Å². The van der Waals surface area contributed by atoms with Crippen LogP contribution < -0.4 is 11.1 Å². The minimum absolute atomic E-state index is 0.0108. The number of H-pyrrole nitrogens is 1. The zero-order chi connectivity index (χ0) is 14.4. The molecule has 1 aromatic rings. The van der Waals surface area contributed by atoms with Crippen LogP contribution in [0.25, 0.3) is 0 Å². The highest BCUT2D eigenvalue weighted by Gasteiger charge is 2.23. The molecule has 1 aromatic heterocycles. The first-order valence-electron chi connectivity index (χ1n) is 6.37. The van der Waals surface area contributed by atoms with E-state index in [0.29, 0.717) is 18.7 Å². The Labute approximate surface area is 112 Å². The third-order valence-electron chi connectivity index (χ3n) is 2.83. The van der Waals surface area contributed by atoms with Gasteiger partial charge in [0.1, 0.15) is 0 Å². The molecule has 2 amide bonds. The van der Waals surface area contributed by atoms with Gasteiger partial charge in [-0.15, -0.1) is 0 Å². The molecule has 0 radical (unpaired) electrons. The summed E-state index contributed by atoms with van der Waals surface area (Å²) < 4.78 is 0. The molecular formula is C12H21N5O2. The van der Waals surface area contributed by atoms with Crippen LogP contribution in [0.4, 0.5) is 5.69 Å². The molecule has 0 aliphatic rings. The average Bonchev–Trinajstić information content (AvgIpc) is 2.78. The summed E-state index contributed by atoms with van der Waals surface area (Å²) in [4.78, 5) is 25.2. The maximum Gasteiger partial charge on any atom is 0.276 e. The summed E-state index contributed by atoms with van der Waals surface area (Å²) in [5, 5.41) is 9.19. The topological polar surface area (TPSA) is 104 Å². The number of nitrogens with zero attached hydrogens (tertiary/aromatic N) is 2. The van der Waals surface area contributed by atoms with Gasteiger partial charge in [0.2, 0.25) is 5.91 Å². The summed E-state index contributed by atoms with van der Waals surface area (Å²) in [5.74, 6) is -0.537. The lowest BCUT2D eigenvalue weighted by atomic mass is 10.2. The fourth-order valence-corrected chi connectivity index (χ4v) is 1.74. The number of carbonyl (C=O) groups excluding carboxylic acids is 2. The first-order chi connectivity index (χ1) is 9.04. The standard InChI is InChI=1S/C12H21N5O2/c1-4-6-17(7-9(18)14-3)12(19)11-10(13)8(5-2)15-16-11/h4-7,13H2,1-3H3,(H,14,18)(H,15,16). The van der Waals surface area contributed by atoms with E-state index in [1.807, 2.05) is 13.8 Å². The number of anilines is 1. The summed E-state index contributed by atoms with van der Waals surface area (Å²) in [5.41, 5.74) is 7.16. The van der Waals surface area contributed by atoms with Crippen LogP contribution in [-0.2, 0) is 11.2 Å². The second-order valence-corrected chi connectivity index (χ2v) is 4.22. The lowest BCUT2D eigenvalue weighted by Crippen LogP contribution is -2.40. The number of nitrogen functional groups attached to an aromatic ring is 1. The first kappa shape index (κ1) is 15.0. The second-order valence-electron chi connectivity index (χ2n) is 4.22. The molecule has 0 saturated carbocycles. The molecule has 19 heavy (non-hydrogen) atoms. The molecule has 0 aliphatic carbocycles. The molecule has 4 N–H and O–H groups in total. The lowest BCUT2D eigenvalue weighted by Gasteiger charge is -2.20. The molecule has 0 aromatic carbocycles. The number of nitrogens with one attached hydrogen (secondary N) is 2. The van der Waals surface area contributed by atoms with Gasteiger partial charge >= 0.3 is 0 Å². The van der Waals surface area contributed by atoms with Crippen LogP contribution in [0.3, 0.4) is 0 Å². The number of hydrogen-bond donors (Lipinski definition) is 3. The van der Waals surface area contributed by atoms with Crippen LogP contribution in [0.1, 0.15) is 36.5 Å². The molecule has 7 heteroatoms. The third kappa shape index (κ3) is 3.46. The van der Waals surface area contributed by atoms with Gasteiger partial charge in [-0.1, -0.05) is 13.8 Å². The normalized spacial score (nSPS) is 10.3. The van der Waals surface area contributed by atoms with Crippen molar-refractivity contribution in [2.45, 2.75) is 26.7 Å². The largest absolute Gasteiger partial charge is 0.395 e. The van der Waals surface area contributed by atoms with Crippen molar-refractivity contribution in [3.05, 3.63) is 11.4 Å². The maximum atomic E-state index is 12.3. The van der Waals surface area contributed by atoms with Crippen molar-refractivity contribution in [1.82, 2.24) is 20.4 Å². The smallest absolute Gasteiger partial charge is 0.276 e. The highest BCUT2D eigenvalue weighted by atomic mass is 16.2. The Morgan fingerprint density at radius 1 is 1.42 bits per heavy atom. The van der Waals surface area contributed by atoms with E-state index in [9.17, 15) is 9.59 Å². The maximum absolute atomic E-state index is 12.3. The van der Waals surface area contributed by atoms with E-state index >= 15 is 0 Å². The van der Waals surface area contributed by atoms with E-state index in [1.165, 1.54) is 11.9 Å². The first-order valence-corrected chi connectivity index (χ1v) is 6.37. The van der Waals surface area contributed by atoms with Gasteiger partial charge in [0, 0.05) is 13.6 Å². The fourth-order valence-electron chi connectivity index (χ4n) is 1.74. The number of nitrogens with two attached hydrogens (primary N) is 1. The average molecular weight is 267 g/mol. The van der Waals surface area contributed by atoms with Crippen LogP contribution >= 0.6 is 0 Å². The Balaban J connectivity index is 2.92. The highest BCUT2D eigenvalue weighted by molar-refractivity contribution is 5.99. The van der Waals surface area contributed by atoms with Crippen molar-refractivity contribution in [2.24, 2.45) is 0 Å². The van der Waals surface area contributed by atoms with E-state index in [-0.39, 0.29) is 24.1 Å². The molecule has 106 valence electrons. The van der Waals surface area contributed by atoms with Crippen LogP contribution in [0.2, 0.25) is 0 Å². The zero-order valence-electron chi connectivity index (χ0n) is 11.6. The fraction of sp³-hybridized carbons (Fsp3) is 0.583. The summed E-state index contributed by atoms with van der Waals surface area (Å²) in [6.07, 6.45) is 1.43. The summed E-state index contributed by atoms with van der Waals surface area (Å²) in [6.45, 7) is 4.36. The SMILES string of the molecule is CCCN(CC(=O)NC)C(=O)c1n[nH]c(CC)c1N. The predicted molar refractivity (Wildman–Crippen MR) is 72.6 cm³/mol. The summed E-state index contributed by atoms with van der Waals surface area (Å²) >= 11 is 0. The molecule has 0 atom stereocenters. The van der Waals surface area contributed by atoms with Crippen LogP contribution in [0.5, 0.6) is 0 Å². The zero-order valence-corrected chi connectivity index (χ0v) is 11.6. The van der Waals surface area contributed by atoms with Crippen molar-refractivity contribution < 1.29 is 9.59 Å². The molecule has 1 rings (SSSR count). The Morgan fingerprint density at radius 3 is 2.58 bits per heavy atom. The monoisotopic (exact) mass is 267 g/mol. The molecule has 0 spiro atoms. The number of hydrogen-bond acceptors (Lipinski definition) is 4. The number of aryl methyl sites for hydroxylation is 1. The molecule has 0 unspecified atom stereocenters. The number of aromatic amines is 1. The Kier molecular flexibility index (Phi) is 5.35. The molecule has 1 heterocycles. The summed E-state index contributed by atoms with van der Waals surface area (Å²) in [6, 6.07) is 0. The van der Waals surface area contributed by atoms with Gasteiger partial charge in [-0.3, -0.25) is 14.7 Å². The van der Waals surface area contributed by atoms with Gasteiger partial charge in [0.05, 0.1) is 17.9 Å². The van der Waals surface area contributed by atoms with Crippen molar-refractivity contribution in [1.29, 1.82) is 0 Å². The summed E-state index contributed by atoms with van der Waals surface area (Å²) in [7, 11) is 1.54. The van der Waals surface area contributed by atoms with Crippen LogP contribution in [0.15, 0.2) is 0 Å². The Hall–Kier alpha value is -2.05. The molecule has 7 nitrogen and oxygen atoms in total. The van der Waals surface area contributed by atoms with Crippen LogP contribution in [0, 0.1) is 0 Å². The highest BCUT2D eigenvalue weighted by Crippen LogP contribution is 2.16. The van der Waals surface area contributed by atoms with E-state index in [1.54, 1.807) is 0 Å². The van der Waals surface area contributed by atoms with Crippen molar-refractivity contribution in [2.75, 3.05) is 25.9 Å². The molecule has 0 bridgehead atoms. The Bertz CT molecular complexity index is 455. The van der Waals surface area contributed by atoms with Gasteiger partial charge in [0.15, 0.2) is 5.69 Å². The second kappa shape index (κ2) is 6.77. The molecule has 0 saturated heterocycles. The van der Waals surface area contributed by atoms with Gasteiger partial charge < -0.3 is 16.0 Å². The lowest BCUT2D eigenvalue weighted by molar-refractivity contribution is -0.121.